The van der Waals surface area contributed by atoms with Gasteiger partial charge < -0.3 is 10.4 Å². The third kappa shape index (κ3) is 2.10. The van der Waals surface area contributed by atoms with Gasteiger partial charge in [-0.1, -0.05) is 31.5 Å². The zero-order chi connectivity index (χ0) is 13.5. The van der Waals surface area contributed by atoms with Crippen LogP contribution in [-0.2, 0) is 9.59 Å². The number of aliphatic carboxylic acids is 1. The summed E-state index contributed by atoms with van der Waals surface area (Å²) < 4.78 is 0. The molecule has 1 aromatic rings. The quantitative estimate of drug-likeness (QED) is 0.861. The van der Waals surface area contributed by atoms with E-state index in [0.717, 1.165) is 5.56 Å². The number of benzene rings is 1. The maximum atomic E-state index is 12.0. The van der Waals surface area contributed by atoms with Gasteiger partial charge in [-0.25, -0.2) is 0 Å². The Hall–Kier alpha value is -1.84. The molecule has 1 saturated carbocycles. The summed E-state index contributed by atoms with van der Waals surface area (Å²) in [5.41, 5.74) is 1.36. The van der Waals surface area contributed by atoms with E-state index in [-0.39, 0.29) is 5.91 Å². The van der Waals surface area contributed by atoms with Crippen LogP contribution in [0.4, 0.5) is 5.69 Å². The maximum absolute atomic E-state index is 12.0. The molecule has 1 aliphatic carbocycles. The fourth-order valence-electron chi connectivity index (χ4n) is 2.44. The Morgan fingerprint density at radius 2 is 1.72 bits per heavy atom. The minimum Gasteiger partial charge on any atom is -0.481 e. The molecule has 1 aromatic carbocycles. The fraction of sp³-hybridized carbons (Fsp3) is 0.429. The van der Waals surface area contributed by atoms with Crippen LogP contribution in [0.15, 0.2) is 24.3 Å². The second kappa shape index (κ2) is 4.12. The van der Waals surface area contributed by atoms with Crippen molar-refractivity contribution in [1.29, 1.82) is 0 Å². The van der Waals surface area contributed by atoms with Crippen LogP contribution < -0.4 is 5.32 Å². The lowest BCUT2D eigenvalue weighted by Crippen LogP contribution is -2.17. The first kappa shape index (κ1) is 12.6. The van der Waals surface area contributed by atoms with Gasteiger partial charge in [-0.2, -0.15) is 0 Å². The maximum Gasteiger partial charge on any atom is 0.307 e. The average molecular weight is 247 g/mol. The normalized spacial score (nSPS) is 24.4. The first-order valence-corrected chi connectivity index (χ1v) is 5.94. The lowest BCUT2D eigenvalue weighted by Gasteiger charge is -2.06. The fourth-order valence-corrected chi connectivity index (χ4v) is 2.44. The molecule has 0 aromatic heterocycles. The molecule has 1 aliphatic rings. The van der Waals surface area contributed by atoms with Crippen molar-refractivity contribution < 1.29 is 14.7 Å². The Bertz CT molecular complexity index is 490. The number of rotatable bonds is 3. The zero-order valence-electron chi connectivity index (χ0n) is 10.7. The standard InChI is InChI=1S/C14H17NO3/c1-8-4-6-9(7-5-8)15-12(16)10-11(13(17)18)14(10,2)3/h4-7,10-11H,1-3H3,(H,15,16)(H,17,18)/t10-,11+/m0/s1. The summed E-state index contributed by atoms with van der Waals surface area (Å²) >= 11 is 0. The molecule has 96 valence electrons. The van der Waals surface area contributed by atoms with Crippen LogP contribution in [0, 0.1) is 24.2 Å². The van der Waals surface area contributed by atoms with E-state index >= 15 is 0 Å². The van der Waals surface area contributed by atoms with E-state index < -0.39 is 23.2 Å². The molecule has 0 spiro atoms. The number of carboxylic acid groups (broad SMARTS) is 1. The van der Waals surface area contributed by atoms with Crippen molar-refractivity contribution in [3.63, 3.8) is 0 Å². The molecule has 0 saturated heterocycles. The first-order valence-electron chi connectivity index (χ1n) is 5.94. The molecular weight excluding hydrogens is 230 g/mol. The predicted molar refractivity (Wildman–Crippen MR) is 68.2 cm³/mol. The van der Waals surface area contributed by atoms with E-state index in [0.29, 0.717) is 5.69 Å². The third-order valence-corrected chi connectivity index (χ3v) is 3.69. The van der Waals surface area contributed by atoms with E-state index in [9.17, 15) is 9.59 Å². The molecule has 0 radical (unpaired) electrons. The second-order valence-corrected chi connectivity index (χ2v) is 5.47. The van der Waals surface area contributed by atoms with Crippen LogP contribution in [0.25, 0.3) is 0 Å². The number of hydrogen-bond donors (Lipinski definition) is 2. The topological polar surface area (TPSA) is 66.4 Å². The van der Waals surface area contributed by atoms with E-state index in [1.807, 2.05) is 45.0 Å². The molecule has 0 aliphatic heterocycles. The summed E-state index contributed by atoms with van der Waals surface area (Å²) in [6.45, 7) is 5.59. The Labute approximate surface area is 106 Å². The minimum atomic E-state index is -0.899. The van der Waals surface area contributed by atoms with Crippen LogP contribution in [0.5, 0.6) is 0 Å². The number of aryl methyl sites for hydroxylation is 1. The summed E-state index contributed by atoms with van der Waals surface area (Å²) in [5, 5.41) is 11.8. The molecule has 4 nitrogen and oxygen atoms in total. The van der Waals surface area contributed by atoms with E-state index in [4.69, 9.17) is 5.11 Å². The number of nitrogens with one attached hydrogen (secondary N) is 1. The van der Waals surface area contributed by atoms with Gasteiger partial charge in [-0.05, 0) is 24.5 Å². The van der Waals surface area contributed by atoms with Crippen LogP contribution in [0.2, 0.25) is 0 Å². The Morgan fingerprint density at radius 1 is 1.17 bits per heavy atom. The van der Waals surface area contributed by atoms with Crippen molar-refractivity contribution >= 4 is 17.6 Å². The average Bonchev–Trinajstić information content (AvgIpc) is 2.85. The summed E-state index contributed by atoms with van der Waals surface area (Å²) in [4.78, 5) is 23.0. The lowest BCUT2D eigenvalue weighted by molar-refractivity contribution is -0.140. The van der Waals surface area contributed by atoms with Gasteiger partial charge >= 0.3 is 5.97 Å². The molecular formula is C14H17NO3. The van der Waals surface area contributed by atoms with E-state index in [1.165, 1.54) is 0 Å². The smallest absolute Gasteiger partial charge is 0.307 e. The van der Waals surface area contributed by atoms with Crippen molar-refractivity contribution in [2.45, 2.75) is 20.8 Å². The SMILES string of the molecule is Cc1ccc(NC(=O)[C@@H]2[C@H](C(=O)O)C2(C)C)cc1. The molecule has 0 unspecified atom stereocenters. The summed E-state index contributed by atoms with van der Waals surface area (Å²) in [7, 11) is 0. The largest absolute Gasteiger partial charge is 0.481 e. The highest BCUT2D eigenvalue weighted by molar-refractivity contribution is 5.99. The van der Waals surface area contributed by atoms with Gasteiger partial charge in [0.05, 0.1) is 11.8 Å². The van der Waals surface area contributed by atoms with Gasteiger partial charge in [0.1, 0.15) is 0 Å². The van der Waals surface area contributed by atoms with Gasteiger partial charge in [-0.15, -0.1) is 0 Å². The van der Waals surface area contributed by atoms with Crippen molar-refractivity contribution in [3.8, 4) is 0 Å². The third-order valence-electron chi connectivity index (χ3n) is 3.69. The van der Waals surface area contributed by atoms with Crippen LogP contribution in [-0.4, -0.2) is 17.0 Å². The van der Waals surface area contributed by atoms with Crippen molar-refractivity contribution in [1.82, 2.24) is 0 Å². The summed E-state index contributed by atoms with van der Waals surface area (Å²) in [5.74, 6) is -2.14. The summed E-state index contributed by atoms with van der Waals surface area (Å²) in [6.07, 6.45) is 0. The zero-order valence-corrected chi connectivity index (χ0v) is 10.7. The van der Waals surface area contributed by atoms with Crippen LogP contribution in [0.3, 0.4) is 0 Å². The van der Waals surface area contributed by atoms with Gasteiger partial charge in [0.2, 0.25) is 5.91 Å². The number of amides is 1. The van der Waals surface area contributed by atoms with Gasteiger partial charge in [0.15, 0.2) is 0 Å². The molecule has 2 N–H and O–H groups in total. The Kier molecular flexibility index (Phi) is 2.89. The van der Waals surface area contributed by atoms with E-state index in [2.05, 4.69) is 5.32 Å². The molecule has 2 rings (SSSR count). The van der Waals surface area contributed by atoms with Crippen molar-refractivity contribution in [2.75, 3.05) is 5.32 Å². The molecule has 0 bridgehead atoms. The predicted octanol–water partition coefficient (Wildman–Crippen LogP) is 2.29. The second-order valence-electron chi connectivity index (χ2n) is 5.47. The number of carbonyl (C=O) groups is 2. The van der Waals surface area contributed by atoms with Gasteiger partial charge in [-0.3, -0.25) is 9.59 Å². The monoisotopic (exact) mass is 247 g/mol. The van der Waals surface area contributed by atoms with Crippen molar-refractivity contribution in [3.05, 3.63) is 29.8 Å². The van der Waals surface area contributed by atoms with Crippen LogP contribution >= 0.6 is 0 Å². The Morgan fingerprint density at radius 3 is 2.17 bits per heavy atom. The highest BCUT2D eigenvalue weighted by atomic mass is 16.4. The molecule has 4 heteroatoms. The minimum absolute atomic E-state index is 0.212. The van der Waals surface area contributed by atoms with Crippen LogP contribution in [0.1, 0.15) is 19.4 Å². The summed E-state index contributed by atoms with van der Waals surface area (Å²) in [6, 6.07) is 7.45. The highest BCUT2D eigenvalue weighted by Gasteiger charge is 2.65. The molecule has 18 heavy (non-hydrogen) atoms. The Balaban J connectivity index is 2.06. The molecule has 1 amide bonds. The lowest BCUT2D eigenvalue weighted by atomic mass is 10.1. The van der Waals surface area contributed by atoms with Crippen molar-refractivity contribution in [2.24, 2.45) is 17.3 Å². The number of hydrogen-bond acceptors (Lipinski definition) is 2. The van der Waals surface area contributed by atoms with E-state index in [1.54, 1.807) is 0 Å². The van der Waals surface area contributed by atoms with Gasteiger partial charge in [0.25, 0.3) is 0 Å². The molecule has 0 heterocycles. The highest BCUT2D eigenvalue weighted by Crippen LogP contribution is 2.58. The molecule has 2 atom stereocenters. The number of anilines is 1. The number of carboxylic acids is 1. The number of carbonyl (C=O) groups excluding carboxylic acids is 1. The first-order chi connectivity index (χ1) is 8.34. The van der Waals surface area contributed by atoms with Gasteiger partial charge in [0, 0.05) is 5.69 Å². The molecule has 1 fully saturated rings.